The van der Waals surface area contributed by atoms with Crippen LogP contribution in [-0.2, 0) is 21.2 Å². The molecule has 2 N–H and O–H groups in total. The minimum Gasteiger partial charge on any atom is -0.311 e. The number of rotatable bonds is 8. The Bertz CT molecular complexity index is 1180. The maximum absolute atomic E-state index is 13.9. The number of hydrogen-bond acceptors (Lipinski definition) is 6. The summed E-state index contributed by atoms with van der Waals surface area (Å²) in [5.41, 5.74) is 1.04. The lowest BCUT2D eigenvalue weighted by Gasteiger charge is -2.18. The normalized spacial score (nSPS) is 16.5. The van der Waals surface area contributed by atoms with E-state index < -0.39 is 16.1 Å². The van der Waals surface area contributed by atoms with Gasteiger partial charge in [0.15, 0.2) is 5.13 Å². The molecule has 0 saturated carbocycles. The third-order valence-electron chi connectivity index (χ3n) is 5.15. The lowest BCUT2D eigenvalue weighted by molar-refractivity contribution is -0.118. The molecule has 2 heterocycles. The number of sulfonamides is 1. The third-order valence-corrected chi connectivity index (χ3v) is 7.67. The van der Waals surface area contributed by atoms with Crippen molar-refractivity contribution in [3.8, 4) is 0 Å². The Hall–Kier alpha value is -2.53. The van der Waals surface area contributed by atoms with E-state index in [2.05, 4.69) is 15.0 Å². The zero-order valence-corrected chi connectivity index (χ0v) is 19.2. The molecule has 1 saturated heterocycles. The highest BCUT2D eigenvalue weighted by Gasteiger charge is 2.32. The van der Waals surface area contributed by atoms with Crippen LogP contribution >= 0.6 is 22.9 Å². The first-order chi connectivity index (χ1) is 15.3. The largest absolute Gasteiger partial charge is 0.311 e. The molecule has 2 aromatic carbocycles. The number of thiazole rings is 1. The van der Waals surface area contributed by atoms with Crippen LogP contribution in [0.2, 0.25) is 5.02 Å². The van der Waals surface area contributed by atoms with Gasteiger partial charge >= 0.3 is 0 Å². The van der Waals surface area contributed by atoms with Gasteiger partial charge in [0.1, 0.15) is 5.82 Å². The first-order valence-corrected chi connectivity index (χ1v) is 12.6. The number of aromatic nitrogens is 1. The van der Waals surface area contributed by atoms with Crippen LogP contribution in [0.25, 0.3) is 0 Å². The summed E-state index contributed by atoms with van der Waals surface area (Å²) in [6.45, 7) is 0.908. The summed E-state index contributed by atoms with van der Waals surface area (Å²) in [6.07, 6.45) is 2.48. The van der Waals surface area contributed by atoms with Gasteiger partial charge in [-0.05, 0) is 49.2 Å². The molecule has 4 rings (SSSR count). The Morgan fingerprint density at radius 2 is 2.00 bits per heavy atom. The highest BCUT2D eigenvalue weighted by molar-refractivity contribution is 7.93. The summed E-state index contributed by atoms with van der Waals surface area (Å²) < 4.78 is 41.2. The van der Waals surface area contributed by atoms with Crippen molar-refractivity contribution in [2.45, 2.75) is 23.8 Å². The van der Waals surface area contributed by atoms with Crippen LogP contribution in [0.1, 0.15) is 12.0 Å². The summed E-state index contributed by atoms with van der Waals surface area (Å²) in [4.78, 5) is 18.4. The second-order valence-corrected chi connectivity index (χ2v) is 10.2. The summed E-state index contributed by atoms with van der Waals surface area (Å²) >= 11 is 7.23. The maximum atomic E-state index is 13.9. The minimum absolute atomic E-state index is 0.0829. The van der Waals surface area contributed by atoms with Gasteiger partial charge in [0.2, 0.25) is 5.91 Å². The van der Waals surface area contributed by atoms with Crippen LogP contribution in [-0.4, -0.2) is 38.4 Å². The van der Waals surface area contributed by atoms with E-state index in [4.69, 9.17) is 11.6 Å². The van der Waals surface area contributed by atoms with E-state index in [1.807, 2.05) is 0 Å². The molecule has 1 atom stereocenters. The van der Waals surface area contributed by atoms with Gasteiger partial charge in [-0.2, -0.15) is 0 Å². The standard InChI is InChI=1S/C21H20ClFN4O3S2/c22-17-2-1-3-18(23)16(17)8-10-24-19-9-12-27(20(19)28)14-4-6-15(7-5-14)32(29,30)26-21-25-11-13-31-21/h1-7,11,13,19,24H,8-10,12H2,(H,25,26). The number of benzene rings is 2. The molecule has 11 heteroatoms. The fourth-order valence-electron chi connectivity index (χ4n) is 3.52. The summed E-state index contributed by atoms with van der Waals surface area (Å²) in [6, 6.07) is 10.3. The first kappa shape index (κ1) is 22.7. The Kier molecular flexibility index (Phi) is 6.75. The molecule has 168 valence electrons. The molecule has 0 spiro atoms. The van der Waals surface area contributed by atoms with E-state index in [0.717, 1.165) is 0 Å². The van der Waals surface area contributed by atoms with Crippen molar-refractivity contribution in [1.29, 1.82) is 0 Å². The van der Waals surface area contributed by atoms with Gasteiger partial charge in [-0.1, -0.05) is 17.7 Å². The van der Waals surface area contributed by atoms with Gasteiger partial charge < -0.3 is 10.2 Å². The quantitative estimate of drug-likeness (QED) is 0.498. The molecule has 3 aromatic rings. The van der Waals surface area contributed by atoms with E-state index in [1.54, 1.807) is 34.5 Å². The van der Waals surface area contributed by atoms with Crippen molar-refractivity contribution < 1.29 is 17.6 Å². The lowest BCUT2D eigenvalue weighted by atomic mass is 10.1. The van der Waals surface area contributed by atoms with Crippen molar-refractivity contribution in [2.75, 3.05) is 22.7 Å². The van der Waals surface area contributed by atoms with Crippen molar-refractivity contribution in [3.63, 3.8) is 0 Å². The molecular weight excluding hydrogens is 475 g/mol. The van der Waals surface area contributed by atoms with Crippen LogP contribution in [0, 0.1) is 5.82 Å². The number of halogens is 2. The highest BCUT2D eigenvalue weighted by Crippen LogP contribution is 2.25. The number of amides is 1. The number of carbonyl (C=O) groups excluding carboxylic acids is 1. The second kappa shape index (κ2) is 9.53. The molecule has 1 fully saturated rings. The van der Waals surface area contributed by atoms with Crippen LogP contribution < -0.4 is 14.9 Å². The van der Waals surface area contributed by atoms with Crippen LogP contribution in [0.3, 0.4) is 0 Å². The molecule has 1 aliphatic heterocycles. The zero-order valence-electron chi connectivity index (χ0n) is 16.8. The van der Waals surface area contributed by atoms with E-state index >= 15 is 0 Å². The van der Waals surface area contributed by atoms with Gasteiger partial charge in [0, 0.05) is 40.9 Å². The summed E-state index contributed by atoms with van der Waals surface area (Å²) in [7, 11) is -3.75. The molecule has 32 heavy (non-hydrogen) atoms. The van der Waals surface area contributed by atoms with E-state index in [9.17, 15) is 17.6 Å². The van der Waals surface area contributed by atoms with Crippen molar-refractivity contribution in [2.24, 2.45) is 0 Å². The molecule has 1 aliphatic rings. The highest BCUT2D eigenvalue weighted by atomic mass is 35.5. The van der Waals surface area contributed by atoms with Crippen LogP contribution in [0.5, 0.6) is 0 Å². The maximum Gasteiger partial charge on any atom is 0.263 e. The molecule has 1 aromatic heterocycles. The first-order valence-electron chi connectivity index (χ1n) is 9.85. The van der Waals surface area contributed by atoms with Crippen LogP contribution in [0.15, 0.2) is 58.9 Å². The molecule has 0 aliphatic carbocycles. The van der Waals surface area contributed by atoms with Crippen molar-refractivity contribution >= 4 is 49.7 Å². The van der Waals surface area contributed by atoms with Crippen molar-refractivity contribution in [1.82, 2.24) is 10.3 Å². The minimum atomic E-state index is -3.75. The van der Waals surface area contributed by atoms with E-state index in [1.165, 1.54) is 35.7 Å². The number of nitrogens with one attached hydrogen (secondary N) is 2. The molecule has 0 radical (unpaired) electrons. The predicted octanol–water partition coefficient (Wildman–Crippen LogP) is 3.67. The van der Waals surface area contributed by atoms with Gasteiger partial charge in [-0.25, -0.2) is 17.8 Å². The second-order valence-electron chi connectivity index (χ2n) is 7.17. The number of nitrogens with zero attached hydrogens (tertiary/aromatic N) is 2. The van der Waals surface area contributed by atoms with Crippen LogP contribution in [0.4, 0.5) is 15.2 Å². The van der Waals surface area contributed by atoms with Gasteiger partial charge in [-0.15, -0.1) is 11.3 Å². The number of carbonyl (C=O) groups is 1. The fraction of sp³-hybridized carbons (Fsp3) is 0.238. The van der Waals surface area contributed by atoms with E-state index in [-0.39, 0.29) is 21.8 Å². The SMILES string of the molecule is O=C1C(NCCc2c(F)cccc2Cl)CCN1c1ccc(S(=O)(=O)Nc2nccs2)cc1. The van der Waals surface area contributed by atoms with E-state index in [0.29, 0.717) is 42.2 Å². The zero-order chi connectivity index (χ0) is 22.7. The fourth-order valence-corrected chi connectivity index (χ4v) is 5.57. The molecule has 7 nitrogen and oxygen atoms in total. The average molecular weight is 495 g/mol. The monoisotopic (exact) mass is 494 g/mol. The van der Waals surface area contributed by atoms with Gasteiger partial charge in [-0.3, -0.25) is 9.52 Å². The Morgan fingerprint density at radius 3 is 2.69 bits per heavy atom. The molecule has 1 unspecified atom stereocenters. The van der Waals surface area contributed by atoms with Gasteiger partial charge in [0.05, 0.1) is 10.9 Å². The lowest BCUT2D eigenvalue weighted by Crippen LogP contribution is -2.39. The molecule has 1 amide bonds. The van der Waals surface area contributed by atoms with Gasteiger partial charge in [0.25, 0.3) is 10.0 Å². The third kappa shape index (κ3) is 4.93. The smallest absolute Gasteiger partial charge is 0.263 e. The predicted molar refractivity (Wildman–Crippen MR) is 123 cm³/mol. The summed E-state index contributed by atoms with van der Waals surface area (Å²) in [5.74, 6) is -0.473. The van der Waals surface area contributed by atoms with Crippen molar-refractivity contribution in [3.05, 3.63) is 70.4 Å². The summed E-state index contributed by atoms with van der Waals surface area (Å²) in [5, 5.41) is 5.49. The Morgan fingerprint density at radius 1 is 1.22 bits per heavy atom. The Labute approximate surface area is 194 Å². The number of hydrogen-bond donors (Lipinski definition) is 2. The molecule has 0 bridgehead atoms. The molecular formula is C21H20ClFN4O3S2. The topological polar surface area (TPSA) is 91.4 Å². The number of anilines is 2. The average Bonchev–Trinajstić information content (AvgIpc) is 3.40. The Balaban J connectivity index is 1.36.